The minimum Gasteiger partial charge on any atom is -0.396 e. The molecule has 1 aliphatic carbocycles. The van der Waals surface area contributed by atoms with Crippen LogP contribution in [0.5, 0.6) is 0 Å². The molecule has 1 aromatic rings. The topological polar surface area (TPSA) is 45.1 Å². The zero-order valence-corrected chi connectivity index (χ0v) is 9.83. The number of aromatic nitrogens is 1. The molecule has 0 bridgehead atoms. The van der Waals surface area contributed by atoms with Crippen molar-refractivity contribution >= 4 is 11.3 Å². The molecule has 0 aromatic carbocycles. The second kappa shape index (κ2) is 5.05. The highest BCUT2D eigenvalue weighted by Gasteiger charge is 2.31. The molecule has 1 fully saturated rings. The van der Waals surface area contributed by atoms with E-state index < -0.39 is 0 Å². The van der Waals surface area contributed by atoms with E-state index in [9.17, 15) is 0 Å². The lowest BCUT2D eigenvalue weighted by molar-refractivity contribution is 0.250. The molecule has 4 heteroatoms. The first-order chi connectivity index (χ1) is 7.31. The molecule has 1 aliphatic rings. The van der Waals surface area contributed by atoms with Crippen LogP contribution >= 0.6 is 11.3 Å². The Morgan fingerprint density at radius 3 is 3.00 bits per heavy atom. The van der Waals surface area contributed by atoms with Crippen molar-refractivity contribution in [1.29, 1.82) is 0 Å². The lowest BCUT2D eigenvalue weighted by atomic mass is 10.1. The van der Waals surface area contributed by atoms with Gasteiger partial charge in [-0.15, -0.1) is 11.3 Å². The van der Waals surface area contributed by atoms with Crippen molar-refractivity contribution in [2.75, 3.05) is 6.61 Å². The molecule has 2 unspecified atom stereocenters. The van der Waals surface area contributed by atoms with E-state index in [2.05, 4.69) is 17.2 Å². The maximum atomic E-state index is 9.01. The summed E-state index contributed by atoms with van der Waals surface area (Å²) in [6.07, 6.45) is 5.42. The summed E-state index contributed by atoms with van der Waals surface area (Å²) in [6, 6.07) is 0.835. The van der Waals surface area contributed by atoms with Crippen molar-refractivity contribution in [2.24, 2.45) is 5.92 Å². The van der Waals surface area contributed by atoms with E-state index in [1.165, 1.54) is 17.7 Å². The van der Waals surface area contributed by atoms with Gasteiger partial charge in [-0.25, -0.2) is 0 Å². The van der Waals surface area contributed by atoms with Crippen molar-refractivity contribution < 1.29 is 5.11 Å². The smallest absolute Gasteiger partial charge is 0.0794 e. The molecule has 0 spiro atoms. The summed E-state index contributed by atoms with van der Waals surface area (Å²) < 4.78 is 0. The summed E-state index contributed by atoms with van der Waals surface area (Å²) >= 11 is 1.69. The van der Waals surface area contributed by atoms with Crippen LogP contribution in [-0.2, 0) is 0 Å². The highest BCUT2D eigenvalue weighted by atomic mass is 32.1. The van der Waals surface area contributed by atoms with E-state index in [4.69, 9.17) is 5.11 Å². The van der Waals surface area contributed by atoms with Gasteiger partial charge in [0.25, 0.3) is 0 Å². The third-order valence-corrected chi connectivity index (χ3v) is 3.93. The Balaban J connectivity index is 1.88. The molecular formula is C11H18N2OS. The first kappa shape index (κ1) is 11.0. The molecule has 2 rings (SSSR count). The first-order valence-electron chi connectivity index (χ1n) is 5.56. The van der Waals surface area contributed by atoms with E-state index in [1.807, 2.05) is 11.7 Å². The Morgan fingerprint density at radius 1 is 1.67 bits per heavy atom. The normalized spacial score (nSPS) is 20.1. The van der Waals surface area contributed by atoms with Crippen LogP contribution in [0, 0.1) is 5.92 Å². The van der Waals surface area contributed by atoms with Gasteiger partial charge in [0.1, 0.15) is 0 Å². The summed E-state index contributed by atoms with van der Waals surface area (Å²) in [5, 5.41) is 12.6. The Morgan fingerprint density at radius 2 is 2.47 bits per heavy atom. The van der Waals surface area contributed by atoms with Crippen molar-refractivity contribution in [1.82, 2.24) is 10.3 Å². The number of hydrogen-bond acceptors (Lipinski definition) is 4. The highest BCUT2D eigenvalue weighted by Crippen LogP contribution is 2.35. The second-order valence-electron chi connectivity index (χ2n) is 4.25. The third kappa shape index (κ3) is 3.00. The lowest BCUT2D eigenvalue weighted by Crippen LogP contribution is -2.33. The predicted molar refractivity (Wildman–Crippen MR) is 61.9 cm³/mol. The molecule has 1 aromatic heterocycles. The third-order valence-electron chi connectivity index (χ3n) is 2.97. The van der Waals surface area contributed by atoms with Crippen molar-refractivity contribution in [3.8, 4) is 0 Å². The van der Waals surface area contributed by atoms with Gasteiger partial charge < -0.3 is 10.4 Å². The molecule has 0 saturated heterocycles. The standard InChI is InChI=1S/C11H18N2OS/c1-8(11-6-12-7-15-11)13-10(4-5-14)9-2-3-9/h6-10,13-14H,2-5H2,1H3. The van der Waals surface area contributed by atoms with E-state index in [-0.39, 0.29) is 6.61 Å². The Bertz CT molecular complexity index is 285. The summed E-state index contributed by atoms with van der Waals surface area (Å²) in [6.45, 7) is 2.45. The van der Waals surface area contributed by atoms with Crippen LogP contribution in [0.3, 0.4) is 0 Å². The molecule has 15 heavy (non-hydrogen) atoms. The zero-order valence-electron chi connectivity index (χ0n) is 9.02. The molecule has 3 nitrogen and oxygen atoms in total. The number of nitrogens with one attached hydrogen (secondary N) is 1. The van der Waals surface area contributed by atoms with E-state index in [0.29, 0.717) is 12.1 Å². The number of rotatable bonds is 6. The molecule has 2 atom stereocenters. The van der Waals surface area contributed by atoms with Gasteiger partial charge in [0.2, 0.25) is 0 Å². The van der Waals surface area contributed by atoms with Gasteiger partial charge in [-0.1, -0.05) is 0 Å². The minimum atomic E-state index is 0.281. The summed E-state index contributed by atoms with van der Waals surface area (Å²) in [7, 11) is 0. The van der Waals surface area contributed by atoms with Crippen molar-refractivity contribution in [2.45, 2.75) is 38.3 Å². The predicted octanol–water partition coefficient (Wildman–Crippen LogP) is 1.95. The maximum absolute atomic E-state index is 9.01. The quantitative estimate of drug-likeness (QED) is 0.779. The van der Waals surface area contributed by atoms with Gasteiger partial charge in [0.15, 0.2) is 0 Å². The number of aliphatic hydroxyl groups excluding tert-OH is 1. The van der Waals surface area contributed by atoms with Crippen LogP contribution in [0.4, 0.5) is 0 Å². The first-order valence-corrected chi connectivity index (χ1v) is 6.44. The number of nitrogens with zero attached hydrogens (tertiary/aromatic N) is 1. The van der Waals surface area contributed by atoms with Gasteiger partial charge >= 0.3 is 0 Å². The van der Waals surface area contributed by atoms with E-state index in [1.54, 1.807) is 11.3 Å². The SMILES string of the molecule is CC(NC(CCO)C1CC1)c1cncs1. The fourth-order valence-electron chi connectivity index (χ4n) is 1.94. The van der Waals surface area contributed by atoms with Crippen molar-refractivity contribution in [3.63, 3.8) is 0 Å². The molecule has 1 saturated carbocycles. The zero-order chi connectivity index (χ0) is 10.7. The van der Waals surface area contributed by atoms with Crippen LogP contribution in [-0.4, -0.2) is 22.7 Å². The van der Waals surface area contributed by atoms with Crippen LogP contribution in [0.25, 0.3) is 0 Å². The monoisotopic (exact) mass is 226 g/mol. The lowest BCUT2D eigenvalue weighted by Gasteiger charge is -2.21. The largest absolute Gasteiger partial charge is 0.396 e. The maximum Gasteiger partial charge on any atom is 0.0794 e. The van der Waals surface area contributed by atoms with Gasteiger partial charge in [0, 0.05) is 29.8 Å². The van der Waals surface area contributed by atoms with Crippen LogP contribution in [0.15, 0.2) is 11.7 Å². The average Bonchev–Trinajstić information content (AvgIpc) is 2.92. The Labute approximate surface area is 94.5 Å². The Hall–Kier alpha value is -0.450. The highest BCUT2D eigenvalue weighted by molar-refractivity contribution is 7.09. The fourth-order valence-corrected chi connectivity index (χ4v) is 2.57. The second-order valence-corrected chi connectivity index (χ2v) is 5.17. The molecule has 2 N–H and O–H groups in total. The summed E-state index contributed by atoms with van der Waals surface area (Å²) in [5.41, 5.74) is 1.87. The fraction of sp³-hybridized carbons (Fsp3) is 0.727. The molecule has 84 valence electrons. The minimum absolute atomic E-state index is 0.281. The molecule has 0 amide bonds. The van der Waals surface area contributed by atoms with Crippen LogP contribution < -0.4 is 5.32 Å². The van der Waals surface area contributed by atoms with Gasteiger partial charge in [-0.2, -0.15) is 0 Å². The summed E-state index contributed by atoms with van der Waals surface area (Å²) in [5.74, 6) is 0.785. The number of thiazole rings is 1. The van der Waals surface area contributed by atoms with Crippen LogP contribution in [0.1, 0.15) is 37.1 Å². The number of aliphatic hydroxyl groups is 1. The van der Waals surface area contributed by atoms with E-state index in [0.717, 1.165) is 12.3 Å². The Kier molecular flexibility index (Phi) is 3.72. The molecule has 0 aliphatic heterocycles. The van der Waals surface area contributed by atoms with E-state index >= 15 is 0 Å². The van der Waals surface area contributed by atoms with Crippen LogP contribution in [0.2, 0.25) is 0 Å². The molecular weight excluding hydrogens is 208 g/mol. The van der Waals surface area contributed by atoms with Crippen molar-refractivity contribution in [3.05, 3.63) is 16.6 Å². The van der Waals surface area contributed by atoms with Gasteiger partial charge in [0.05, 0.1) is 5.51 Å². The molecule has 0 radical (unpaired) electrons. The molecule has 1 heterocycles. The van der Waals surface area contributed by atoms with Gasteiger partial charge in [-0.05, 0) is 32.1 Å². The van der Waals surface area contributed by atoms with Gasteiger partial charge in [-0.3, -0.25) is 4.98 Å². The number of hydrogen-bond donors (Lipinski definition) is 2. The summed E-state index contributed by atoms with van der Waals surface area (Å²) in [4.78, 5) is 5.36. The average molecular weight is 226 g/mol.